The van der Waals surface area contributed by atoms with Gasteiger partial charge in [-0.3, -0.25) is 0 Å². The van der Waals surface area contributed by atoms with Gasteiger partial charge in [-0.05, 0) is 120 Å². The molecule has 1 aromatic heterocycles. The van der Waals surface area contributed by atoms with Crippen molar-refractivity contribution in [2.24, 2.45) is 0 Å². The molecule has 0 spiro atoms. The lowest BCUT2D eigenvalue weighted by atomic mass is 9.94. The molecule has 0 atom stereocenters. The maximum atomic E-state index is 6.39. The summed E-state index contributed by atoms with van der Waals surface area (Å²) >= 11 is 0. The first-order valence-corrected chi connectivity index (χ1v) is 18.5. The van der Waals surface area contributed by atoms with Crippen molar-refractivity contribution in [2.75, 3.05) is 4.90 Å². The van der Waals surface area contributed by atoms with Crippen LogP contribution in [0.4, 0.5) is 17.1 Å². The molecule has 0 saturated heterocycles. The SMILES string of the molecule is c1ccc(-c2ccc(N(c3ccc(-c4ccc5c(ccc6ccc7ccccc7c65)c4)cc3)c3ccc4oc5ccc6ccccc6c5c4c3)cc2)cc1. The molecule has 54 heavy (non-hydrogen) atoms. The van der Waals surface area contributed by atoms with Gasteiger partial charge in [0, 0.05) is 27.8 Å². The van der Waals surface area contributed by atoms with Crippen LogP contribution in [0.2, 0.25) is 0 Å². The average Bonchev–Trinajstić information content (AvgIpc) is 3.63. The number of benzene rings is 10. The fraction of sp³-hybridized carbons (Fsp3) is 0. The summed E-state index contributed by atoms with van der Waals surface area (Å²) in [5, 5.41) is 12.3. The van der Waals surface area contributed by atoms with E-state index in [9.17, 15) is 0 Å². The highest BCUT2D eigenvalue weighted by molar-refractivity contribution is 6.21. The van der Waals surface area contributed by atoms with E-state index < -0.39 is 0 Å². The van der Waals surface area contributed by atoms with Gasteiger partial charge in [0.15, 0.2) is 0 Å². The Morgan fingerprint density at radius 3 is 1.50 bits per heavy atom. The lowest BCUT2D eigenvalue weighted by molar-refractivity contribution is 0.669. The first-order valence-electron chi connectivity index (χ1n) is 18.5. The van der Waals surface area contributed by atoms with E-state index in [1.165, 1.54) is 65.3 Å². The van der Waals surface area contributed by atoms with Gasteiger partial charge >= 0.3 is 0 Å². The van der Waals surface area contributed by atoms with E-state index >= 15 is 0 Å². The van der Waals surface area contributed by atoms with Crippen LogP contribution in [0, 0.1) is 0 Å². The second kappa shape index (κ2) is 12.2. The molecule has 0 radical (unpaired) electrons. The van der Waals surface area contributed by atoms with Gasteiger partial charge in [0.2, 0.25) is 0 Å². The molecule has 0 bridgehead atoms. The van der Waals surface area contributed by atoms with Gasteiger partial charge in [0.05, 0.1) is 0 Å². The van der Waals surface area contributed by atoms with E-state index in [1.54, 1.807) is 0 Å². The molecule has 0 fully saturated rings. The van der Waals surface area contributed by atoms with Crippen molar-refractivity contribution < 1.29 is 4.42 Å². The molecule has 10 aromatic carbocycles. The molecule has 2 nitrogen and oxygen atoms in total. The first-order chi connectivity index (χ1) is 26.7. The van der Waals surface area contributed by atoms with Crippen LogP contribution in [-0.2, 0) is 0 Å². The molecule has 11 aromatic rings. The highest BCUT2D eigenvalue weighted by Crippen LogP contribution is 2.42. The number of hydrogen-bond donors (Lipinski definition) is 0. The molecule has 0 saturated carbocycles. The predicted molar refractivity (Wildman–Crippen MR) is 229 cm³/mol. The number of furan rings is 1. The molecule has 252 valence electrons. The van der Waals surface area contributed by atoms with Crippen LogP contribution in [0.1, 0.15) is 0 Å². The van der Waals surface area contributed by atoms with Crippen LogP contribution in [-0.4, -0.2) is 0 Å². The minimum Gasteiger partial charge on any atom is -0.456 e. The number of rotatable bonds is 5. The molecule has 11 rings (SSSR count). The predicted octanol–water partition coefficient (Wildman–Crippen LogP) is 15.0. The summed E-state index contributed by atoms with van der Waals surface area (Å²) in [6, 6.07) is 72.3. The lowest BCUT2D eigenvalue weighted by Gasteiger charge is -2.26. The molecule has 2 heteroatoms. The van der Waals surface area contributed by atoms with E-state index in [4.69, 9.17) is 4.42 Å². The Kier molecular flexibility index (Phi) is 6.90. The molecule has 0 unspecified atom stereocenters. The van der Waals surface area contributed by atoms with E-state index in [1.807, 2.05) is 0 Å². The van der Waals surface area contributed by atoms with E-state index in [0.29, 0.717) is 0 Å². The smallest absolute Gasteiger partial charge is 0.136 e. The Bertz CT molecular complexity index is 3190. The highest BCUT2D eigenvalue weighted by Gasteiger charge is 2.17. The zero-order chi connectivity index (χ0) is 35.6. The molecule has 1 heterocycles. The van der Waals surface area contributed by atoms with Crippen molar-refractivity contribution in [1.29, 1.82) is 0 Å². The fourth-order valence-electron chi connectivity index (χ4n) is 8.37. The maximum Gasteiger partial charge on any atom is 0.136 e. The van der Waals surface area contributed by atoms with E-state index in [2.05, 4.69) is 205 Å². The molecule has 0 amide bonds. The minimum absolute atomic E-state index is 0.886. The number of fused-ring (bicyclic) bond motifs is 10. The Balaban J connectivity index is 1.03. The quantitative estimate of drug-likeness (QED) is 0.168. The van der Waals surface area contributed by atoms with E-state index in [0.717, 1.165) is 39.0 Å². The Morgan fingerprint density at radius 2 is 0.778 bits per heavy atom. The summed E-state index contributed by atoms with van der Waals surface area (Å²) in [6.07, 6.45) is 0. The number of hydrogen-bond acceptors (Lipinski definition) is 2. The summed E-state index contributed by atoms with van der Waals surface area (Å²) in [7, 11) is 0. The van der Waals surface area contributed by atoms with Gasteiger partial charge in [-0.15, -0.1) is 0 Å². The minimum atomic E-state index is 0.886. The summed E-state index contributed by atoms with van der Waals surface area (Å²) in [5.74, 6) is 0. The molecule has 0 aliphatic rings. The Labute approximate surface area is 312 Å². The molecule has 0 aliphatic heterocycles. The van der Waals surface area contributed by atoms with Gasteiger partial charge in [-0.2, -0.15) is 0 Å². The lowest BCUT2D eigenvalue weighted by Crippen LogP contribution is -2.09. The van der Waals surface area contributed by atoms with Crippen molar-refractivity contribution in [2.45, 2.75) is 0 Å². The maximum absolute atomic E-state index is 6.39. The fourth-order valence-corrected chi connectivity index (χ4v) is 8.37. The van der Waals surface area contributed by atoms with Gasteiger partial charge < -0.3 is 9.32 Å². The summed E-state index contributed by atoms with van der Waals surface area (Å²) in [4.78, 5) is 2.35. The second-order valence-corrected chi connectivity index (χ2v) is 14.1. The van der Waals surface area contributed by atoms with Crippen molar-refractivity contribution in [3.05, 3.63) is 200 Å². The van der Waals surface area contributed by atoms with Crippen LogP contribution in [0.25, 0.3) is 87.3 Å². The summed E-state index contributed by atoms with van der Waals surface area (Å²) < 4.78 is 6.39. The van der Waals surface area contributed by atoms with Crippen molar-refractivity contribution in [3.8, 4) is 22.3 Å². The normalized spacial score (nSPS) is 11.7. The standard InChI is InChI=1S/C52H33NO/c1-2-8-34(9-3-1)35-18-24-42(25-19-35)53(44-28-31-49-48(33-44)52-46-13-7-5-11-38(46)23-30-50(52)54-49)43-26-20-36(21-27-43)40-22-29-47-41(32-40)17-16-39-15-14-37-10-4-6-12-45(37)51(39)47/h1-33H. The highest BCUT2D eigenvalue weighted by atomic mass is 16.3. The molecular weight excluding hydrogens is 655 g/mol. The van der Waals surface area contributed by atoms with Crippen molar-refractivity contribution in [3.63, 3.8) is 0 Å². The zero-order valence-corrected chi connectivity index (χ0v) is 29.4. The zero-order valence-electron chi connectivity index (χ0n) is 29.4. The first kappa shape index (κ1) is 30.5. The molecular formula is C52H33NO. The van der Waals surface area contributed by atoms with Crippen LogP contribution in [0.15, 0.2) is 205 Å². The molecule has 0 N–H and O–H groups in total. The summed E-state index contributed by atoms with van der Waals surface area (Å²) in [5.41, 5.74) is 9.81. The number of nitrogens with zero attached hydrogens (tertiary/aromatic N) is 1. The average molecular weight is 688 g/mol. The largest absolute Gasteiger partial charge is 0.456 e. The topological polar surface area (TPSA) is 16.4 Å². The van der Waals surface area contributed by atoms with Gasteiger partial charge in [-0.1, -0.05) is 146 Å². The third kappa shape index (κ3) is 4.96. The van der Waals surface area contributed by atoms with Crippen LogP contribution >= 0.6 is 0 Å². The monoisotopic (exact) mass is 687 g/mol. The Morgan fingerprint density at radius 1 is 0.278 bits per heavy atom. The van der Waals surface area contributed by atoms with Crippen LogP contribution in [0.5, 0.6) is 0 Å². The number of anilines is 3. The Hall–Kier alpha value is -7.16. The summed E-state index contributed by atoms with van der Waals surface area (Å²) in [6.45, 7) is 0. The van der Waals surface area contributed by atoms with Crippen LogP contribution in [0.3, 0.4) is 0 Å². The second-order valence-electron chi connectivity index (χ2n) is 14.1. The van der Waals surface area contributed by atoms with Crippen LogP contribution < -0.4 is 4.90 Å². The third-order valence-corrected chi connectivity index (χ3v) is 11.0. The molecule has 0 aliphatic carbocycles. The van der Waals surface area contributed by atoms with Crippen molar-refractivity contribution in [1.82, 2.24) is 0 Å². The van der Waals surface area contributed by atoms with Gasteiger partial charge in [-0.25, -0.2) is 0 Å². The van der Waals surface area contributed by atoms with E-state index in [-0.39, 0.29) is 0 Å². The van der Waals surface area contributed by atoms with Gasteiger partial charge in [0.25, 0.3) is 0 Å². The third-order valence-electron chi connectivity index (χ3n) is 11.0. The van der Waals surface area contributed by atoms with Crippen molar-refractivity contribution >= 4 is 82.1 Å². The van der Waals surface area contributed by atoms with Gasteiger partial charge in [0.1, 0.15) is 11.2 Å².